The largest absolute Gasteiger partial charge is 0.321 e. The Morgan fingerprint density at radius 3 is 2.50 bits per heavy atom. The van der Waals surface area contributed by atoms with Crippen LogP contribution in [0, 0.1) is 5.82 Å². The van der Waals surface area contributed by atoms with Crippen molar-refractivity contribution in [3.8, 4) is 0 Å². The Morgan fingerprint density at radius 1 is 1.11 bits per heavy atom. The Kier molecular flexibility index (Phi) is 3.84. The van der Waals surface area contributed by atoms with Gasteiger partial charge in [-0.05, 0) is 30.3 Å². The van der Waals surface area contributed by atoms with Crippen molar-refractivity contribution in [2.24, 2.45) is 0 Å². The summed E-state index contributed by atoms with van der Waals surface area (Å²) in [5.41, 5.74) is 0.345. The number of nitrogens with one attached hydrogen (secondary N) is 1. The van der Waals surface area contributed by atoms with Crippen molar-refractivity contribution < 1.29 is 9.18 Å². The molecule has 0 aliphatic heterocycles. The molecule has 0 aliphatic rings. The molecule has 2 aromatic carbocycles. The fourth-order valence-corrected chi connectivity index (χ4v) is 1.88. The summed E-state index contributed by atoms with van der Waals surface area (Å²) in [4.78, 5) is 11.8. The molecule has 1 N–H and O–H groups in total. The van der Waals surface area contributed by atoms with E-state index in [0.717, 1.165) is 0 Å². The van der Waals surface area contributed by atoms with E-state index in [1.807, 2.05) is 0 Å². The Hall–Kier alpha value is -1.58. The minimum atomic E-state index is -0.583. The third-order valence-corrected chi connectivity index (χ3v) is 2.85. The molecule has 0 unspecified atom stereocenters. The Morgan fingerprint density at radius 2 is 1.83 bits per heavy atom. The molecule has 0 fully saturated rings. The van der Waals surface area contributed by atoms with Gasteiger partial charge in [0.05, 0.1) is 16.3 Å². The van der Waals surface area contributed by atoms with Crippen LogP contribution in [0.3, 0.4) is 0 Å². The highest BCUT2D eigenvalue weighted by Crippen LogP contribution is 2.25. The zero-order valence-corrected chi connectivity index (χ0v) is 10.6. The molecule has 0 atom stereocenters. The molecule has 0 heterocycles. The molecule has 0 aromatic heterocycles. The van der Waals surface area contributed by atoms with Crippen LogP contribution < -0.4 is 5.32 Å². The van der Waals surface area contributed by atoms with Crippen LogP contribution in [0.1, 0.15) is 10.4 Å². The molecule has 92 valence electrons. The number of amides is 1. The smallest absolute Gasteiger partial charge is 0.258 e. The summed E-state index contributed by atoms with van der Waals surface area (Å²) in [5.74, 6) is -1.14. The van der Waals surface area contributed by atoms with Crippen LogP contribution in [0.25, 0.3) is 0 Å². The van der Waals surface area contributed by atoms with Crippen LogP contribution in [0.2, 0.25) is 10.0 Å². The summed E-state index contributed by atoms with van der Waals surface area (Å²) in [6.07, 6.45) is 0. The van der Waals surface area contributed by atoms with Gasteiger partial charge in [0, 0.05) is 5.02 Å². The van der Waals surface area contributed by atoms with E-state index in [1.165, 1.54) is 24.3 Å². The van der Waals surface area contributed by atoms with Gasteiger partial charge in [-0.3, -0.25) is 4.79 Å². The zero-order chi connectivity index (χ0) is 13.1. The van der Waals surface area contributed by atoms with Gasteiger partial charge < -0.3 is 5.32 Å². The maximum atomic E-state index is 13.4. The highest BCUT2D eigenvalue weighted by Gasteiger charge is 2.12. The van der Waals surface area contributed by atoms with Gasteiger partial charge in [-0.2, -0.15) is 0 Å². The van der Waals surface area contributed by atoms with Gasteiger partial charge in [-0.25, -0.2) is 4.39 Å². The van der Waals surface area contributed by atoms with E-state index in [-0.39, 0.29) is 5.56 Å². The first-order valence-corrected chi connectivity index (χ1v) is 5.84. The normalized spacial score (nSPS) is 10.2. The van der Waals surface area contributed by atoms with Crippen LogP contribution in [-0.2, 0) is 0 Å². The van der Waals surface area contributed by atoms with E-state index in [9.17, 15) is 9.18 Å². The molecule has 2 nitrogen and oxygen atoms in total. The van der Waals surface area contributed by atoms with Gasteiger partial charge in [-0.15, -0.1) is 0 Å². The van der Waals surface area contributed by atoms with Crippen LogP contribution >= 0.6 is 23.2 Å². The molecule has 0 saturated heterocycles. The number of benzene rings is 2. The first-order valence-electron chi connectivity index (χ1n) is 5.09. The van der Waals surface area contributed by atoms with Crippen molar-refractivity contribution in [1.82, 2.24) is 0 Å². The average Bonchev–Trinajstić information content (AvgIpc) is 2.33. The van der Waals surface area contributed by atoms with E-state index in [2.05, 4.69) is 5.32 Å². The van der Waals surface area contributed by atoms with Gasteiger partial charge in [0.25, 0.3) is 5.91 Å². The topological polar surface area (TPSA) is 29.1 Å². The second kappa shape index (κ2) is 5.38. The number of rotatable bonds is 2. The Balaban J connectivity index is 2.24. The summed E-state index contributed by atoms with van der Waals surface area (Å²) < 4.78 is 13.4. The zero-order valence-electron chi connectivity index (χ0n) is 9.08. The molecule has 0 spiro atoms. The van der Waals surface area contributed by atoms with Crippen molar-refractivity contribution in [3.05, 3.63) is 63.9 Å². The maximum Gasteiger partial charge on any atom is 0.258 e. The maximum absolute atomic E-state index is 13.4. The second-order valence-corrected chi connectivity index (χ2v) is 4.40. The predicted octanol–water partition coefficient (Wildman–Crippen LogP) is 4.38. The van der Waals surface area contributed by atoms with E-state index in [1.54, 1.807) is 18.2 Å². The quantitative estimate of drug-likeness (QED) is 0.870. The van der Waals surface area contributed by atoms with Crippen molar-refractivity contribution in [3.63, 3.8) is 0 Å². The van der Waals surface area contributed by atoms with Crippen LogP contribution in [-0.4, -0.2) is 5.91 Å². The number of hydrogen-bond donors (Lipinski definition) is 1. The third-order valence-electron chi connectivity index (χ3n) is 2.30. The molecule has 2 rings (SSSR count). The summed E-state index contributed by atoms with van der Waals surface area (Å²) in [5, 5.41) is 3.29. The highest BCUT2D eigenvalue weighted by molar-refractivity contribution is 6.36. The fourth-order valence-electron chi connectivity index (χ4n) is 1.43. The van der Waals surface area contributed by atoms with Gasteiger partial charge in [0.15, 0.2) is 0 Å². The Labute approximate surface area is 113 Å². The molecule has 18 heavy (non-hydrogen) atoms. The summed E-state index contributed by atoms with van der Waals surface area (Å²) in [7, 11) is 0. The molecule has 5 heteroatoms. The monoisotopic (exact) mass is 283 g/mol. The first kappa shape index (κ1) is 12.9. The van der Waals surface area contributed by atoms with E-state index in [0.29, 0.717) is 15.7 Å². The number of carbonyl (C=O) groups is 1. The molecule has 0 bridgehead atoms. The second-order valence-electron chi connectivity index (χ2n) is 3.56. The van der Waals surface area contributed by atoms with E-state index >= 15 is 0 Å². The number of halogens is 3. The number of carbonyl (C=O) groups excluding carboxylic acids is 1. The first-order chi connectivity index (χ1) is 8.58. The average molecular weight is 284 g/mol. The number of anilines is 1. The van der Waals surface area contributed by atoms with Crippen LogP contribution in [0.4, 0.5) is 10.1 Å². The standard InChI is InChI=1S/C13H8Cl2FNO/c14-8-5-6-12(10(15)7-8)17-13(18)9-3-1-2-4-11(9)16/h1-7H,(H,17,18). The van der Waals surface area contributed by atoms with Crippen LogP contribution in [0.5, 0.6) is 0 Å². The summed E-state index contributed by atoms with van der Waals surface area (Å²) in [6, 6.07) is 10.4. The highest BCUT2D eigenvalue weighted by atomic mass is 35.5. The van der Waals surface area contributed by atoms with E-state index < -0.39 is 11.7 Å². The molecule has 0 saturated carbocycles. The fraction of sp³-hybridized carbons (Fsp3) is 0. The molecular formula is C13H8Cl2FNO. The third kappa shape index (κ3) is 2.81. The van der Waals surface area contributed by atoms with Gasteiger partial charge in [-0.1, -0.05) is 35.3 Å². The van der Waals surface area contributed by atoms with Crippen molar-refractivity contribution in [2.45, 2.75) is 0 Å². The van der Waals surface area contributed by atoms with Gasteiger partial charge in [0.1, 0.15) is 5.82 Å². The van der Waals surface area contributed by atoms with Crippen molar-refractivity contribution >= 4 is 34.8 Å². The minimum absolute atomic E-state index is 0.0384. The van der Waals surface area contributed by atoms with Crippen molar-refractivity contribution in [2.75, 3.05) is 5.32 Å². The molecule has 0 radical (unpaired) electrons. The lowest BCUT2D eigenvalue weighted by atomic mass is 10.2. The van der Waals surface area contributed by atoms with Gasteiger partial charge in [0.2, 0.25) is 0 Å². The summed E-state index contributed by atoms with van der Waals surface area (Å²) in [6.45, 7) is 0. The molecule has 0 aliphatic carbocycles. The predicted molar refractivity (Wildman–Crippen MR) is 70.8 cm³/mol. The van der Waals surface area contributed by atoms with Crippen molar-refractivity contribution in [1.29, 1.82) is 0 Å². The SMILES string of the molecule is O=C(Nc1ccc(Cl)cc1Cl)c1ccccc1F. The minimum Gasteiger partial charge on any atom is -0.321 e. The molecule has 2 aromatic rings. The molecule has 1 amide bonds. The van der Waals surface area contributed by atoms with Gasteiger partial charge >= 0.3 is 0 Å². The Bertz CT molecular complexity index is 601. The number of hydrogen-bond acceptors (Lipinski definition) is 1. The lowest BCUT2D eigenvalue weighted by Crippen LogP contribution is -2.13. The van der Waals surface area contributed by atoms with E-state index in [4.69, 9.17) is 23.2 Å². The molecular weight excluding hydrogens is 276 g/mol. The van der Waals surface area contributed by atoms with Crippen LogP contribution in [0.15, 0.2) is 42.5 Å². The lowest BCUT2D eigenvalue weighted by Gasteiger charge is -2.08. The lowest BCUT2D eigenvalue weighted by molar-refractivity contribution is 0.102. The summed E-state index contributed by atoms with van der Waals surface area (Å²) >= 11 is 11.6.